The van der Waals surface area contributed by atoms with Crippen LogP contribution >= 0.6 is 0 Å². The third-order valence-electron chi connectivity index (χ3n) is 4.27. The van der Waals surface area contributed by atoms with E-state index in [1.165, 1.54) is 0 Å². The number of nitrogens with one attached hydrogen (secondary N) is 3. The van der Waals surface area contributed by atoms with Crippen molar-refractivity contribution in [3.63, 3.8) is 0 Å². The van der Waals surface area contributed by atoms with E-state index < -0.39 is 0 Å². The molecule has 25 heavy (non-hydrogen) atoms. The van der Waals surface area contributed by atoms with E-state index in [0.717, 1.165) is 29.9 Å². The summed E-state index contributed by atoms with van der Waals surface area (Å²) in [5.41, 5.74) is 2.48. The molecule has 0 radical (unpaired) electrons. The number of amides is 2. The Morgan fingerprint density at radius 2 is 2.12 bits per heavy atom. The molecule has 3 N–H and O–H groups in total. The van der Waals surface area contributed by atoms with Crippen molar-refractivity contribution in [2.24, 2.45) is 0 Å². The number of urea groups is 1. The van der Waals surface area contributed by atoms with Crippen molar-refractivity contribution >= 4 is 11.7 Å². The number of H-pyrrole nitrogens is 1. The summed E-state index contributed by atoms with van der Waals surface area (Å²) in [6.45, 7) is 2.52. The second-order valence-electron chi connectivity index (χ2n) is 6.21. The second-order valence-corrected chi connectivity index (χ2v) is 6.21. The van der Waals surface area contributed by atoms with Gasteiger partial charge in [-0.15, -0.1) is 0 Å². The van der Waals surface area contributed by atoms with Crippen LogP contribution in [0, 0.1) is 6.92 Å². The van der Waals surface area contributed by atoms with E-state index >= 15 is 0 Å². The molecule has 3 aromatic rings. The van der Waals surface area contributed by atoms with E-state index in [0.29, 0.717) is 12.4 Å². The normalized spacial score (nSPS) is 14.0. The number of imidazole rings is 1. The van der Waals surface area contributed by atoms with Crippen molar-refractivity contribution in [3.8, 4) is 0 Å². The van der Waals surface area contributed by atoms with E-state index in [2.05, 4.69) is 25.8 Å². The van der Waals surface area contributed by atoms with Gasteiger partial charge in [-0.2, -0.15) is 5.10 Å². The largest absolute Gasteiger partial charge is 0.343 e. The minimum absolute atomic E-state index is 0.200. The Morgan fingerprint density at radius 1 is 1.32 bits per heavy atom. The van der Waals surface area contributed by atoms with Gasteiger partial charge in [0.25, 0.3) is 0 Å². The topological polar surface area (TPSA) is 109 Å². The molecular weight excluding hydrogens is 322 g/mol. The van der Waals surface area contributed by atoms with Crippen LogP contribution in [0.25, 0.3) is 5.65 Å². The van der Waals surface area contributed by atoms with Gasteiger partial charge in [0.2, 0.25) is 0 Å². The van der Waals surface area contributed by atoms with Crippen molar-refractivity contribution in [2.75, 3.05) is 0 Å². The lowest BCUT2D eigenvalue weighted by molar-refractivity contribution is 0.239. The number of hydrogen-bond acceptors (Lipinski definition) is 4. The molecule has 3 heterocycles. The Hall–Kier alpha value is -3.10. The van der Waals surface area contributed by atoms with Gasteiger partial charge in [-0.25, -0.2) is 19.7 Å². The van der Waals surface area contributed by atoms with E-state index in [1.807, 2.05) is 35.7 Å². The van der Waals surface area contributed by atoms with Crippen LogP contribution in [0.4, 0.5) is 4.79 Å². The Labute approximate surface area is 143 Å². The molecule has 1 fully saturated rings. The van der Waals surface area contributed by atoms with E-state index in [9.17, 15) is 9.59 Å². The highest BCUT2D eigenvalue weighted by molar-refractivity contribution is 5.73. The summed E-state index contributed by atoms with van der Waals surface area (Å²) in [6, 6.07) is 5.76. The fourth-order valence-corrected chi connectivity index (χ4v) is 2.85. The summed E-state index contributed by atoms with van der Waals surface area (Å²) >= 11 is 0. The highest BCUT2D eigenvalue weighted by atomic mass is 16.2. The minimum atomic E-state index is -0.327. The molecule has 1 saturated carbocycles. The third-order valence-corrected chi connectivity index (χ3v) is 4.27. The fourth-order valence-electron chi connectivity index (χ4n) is 2.85. The number of fused-ring (bicyclic) bond motifs is 1. The minimum Gasteiger partial charge on any atom is -0.332 e. The first-order valence-electron chi connectivity index (χ1n) is 8.23. The van der Waals surface area contributed by atoms with Crippen LogP contribution in [0.3, 0.4) is 0 Å². The average molecular weight is 341 g/mol. The number of carbonyl (C=O) groups excluding carboxylic acids is 1. The molecule has 0 bridgehead atoms. The lowest BCUT2D eigenvalue weighted by Crippen LogP contribution is -2.35. The Morgan fingerprint density at radius 3 is 2.88 bits per heavy atom. The predicted molar refractivity (Wildman–Crippen MR) is 90.1 cm³/mol. The molecule has 0 spiro atoms. The van der Waals surface area contributed by atoms with Crippen molar-refractivity contribution in [2.45, 2.75) is 38.9 Å². The average Bonchev–Trinajstić information content (AvgIpc) is 3.22. The lowest BCUT2D eigenvalue weighted by Gasteiger charge is -2.07. The zero-order valence-electron chi connectivity index (χ0n) is 13.8. The first-order valence-corrected chi connectivity index (χ1v) is 8.23. The zero-order valence-corrected chi connectivity index (χ0v) is 13.8. The van der Waals surface area contributed by atoms with Crippen molar-refractivity contribution in [3.05, 3.63) is 52.1 Å². The highest BCUT2D eigenvalue weighted by Crippen LogP contribution is 2.33. The quantitative estimate of drug-likeness (QED) is 0.639. The van der Waals surface area contributed by atoms with Gasteiger partial charge in [-0.1, -0.05) is 6.07 Å². The van der Waals surface area contributed by atoms with E-state index in [-0.39, 0.29) is 24.3 Å². The lowest BCUT2D eigenvalue weighted by atomic mass is 10.4. The molecule has 2 amide bonds. The molecule has 0 aromatic carbocycles. The Balaban J connectivity index is 1.34. The number of carbonyl (C=O) groups is 1. The summed E-state index contributed by atoms with van der Waals surface area (Å²) < 4.78 is 3.60. The highest BCUT2D eigenvalue weighted by Gasteiger charge is 2.28. The van der Waals surface area contributed by atoms with Gasteiger partial charge < -0.3 is 15.0 Å². The first kappa shape index (κ1) is 15.4. The number of aromatic amines is 1. The predicted octanol–water partition coefficient (Wildman–Crippen LogP) is 0.862. The number of aromatic nitrogens is 5. The van der Waals surface area contributed by atoms with Crippen LogP contribution in [0.2, 0.25) is 0 Å². The number of hydrogen-bond donors (Lipinski definition) is 3. The monoisotopic (exact) mass is 341 g/mol. The van der Waals surface area contributed by atoms with Crippen LogP contribution in [0.15, 0.2) is 29.2 Å². The standard InChI is InChI=1S/C16H19N7O2/c1-10-3-2-4-13-19-11(9-22(10)13)7-17-15(24)18-8-14-20-21-16(25)23(14)12-5-6-12/h2-4,9,12H,5-8H2,1H3,(H,21,25)(H2,17,18,24). The first-order chi connectivity index (χ1) is 12.1. The molecule has 0 atom stereocenters. The number of nitrogens with zero attached hydrogens (tertiary/aromatic N) is 4. The summed E-state index contributed by atoms with van der Waals surface area (Å²) in [7, 11) is 0. The van der Waals surface area contributed by atoms with Crippen LogP contribution in [0.5, 0.6) is 0 Å². The second kappa shape index (κ2) is 6.08. The zero-order chi connectivity index (χ0) is 17.4. The van der Waals surface area contributed by atoms with Crippen molar-refractivity contribution < 1.29 is 4.79 Å². The molecule has 1 aliphatic carbocycles. The summed E-state index contributed by atoms with van der Waals surface area (Å²) in [5, 5.41) is 11.9. The molecule has 3 aromatic heterocycles. The maximum atomic E-state index is 12.0. The van der Waals surface area contributed by atoms with Crippen LogP contribution in [-0.4, -0.2) is 30.2 Å². The van der Waals surface area contributed by atoms with Crippen LogP contribution in [0.1, 0.15) is 36.1 Å². The van der Waals surface area contributed by atoms with Gasteiger partial charge in [0, 0.05) is 17.9 Å². The maximum Gasteiger partial charge on any atom is 0.343 e. The van der Waals surface area contributed by atoms with Crippen molar-refractivity contribution in [1.82, 2.24) is 34.8 Å². The van der Waals surface area contributed by atoms with Gasteiger partial charge in [-0.05, 0) is 31.9 Å². The summed E-state index contributed by atoms with van der Waals surface area (Å²) in [4.78, 5) is 28.2. The van der Waals surface area contributed by atoms with Crippen LogP contribution in [-0.2, 0) is 13.1 Å². The van der Waals surface area contributed by atoms with E-state index in [1.54, 1.807) is 4.57 Å². The Bertz CT molecular complexity index is 980. The Kier molecular flexibility index (Phi) is 3.75. The third kappa shape index (κ3) is 3.12. The maximum absolute atomic E-state index is 12.0. The van der Waals surface area contributed by atoms with Gasteiger partial charge in [0.05, 0.1) is 18.8 Å². The SMILES string of the molecule is Cc1cccc2nc(CNC(=O)NCc3n[nH]c(=O)n3C3CC3)cn12. The number of aryl methyl sites for hydroxylation is 1. The van der Waals surface area contributed by atoms with Gasteiger partial charge in [0.1, 0.15) is 5.65 Å². The number of rotatable bonds is 5. The molecule has 0 unspecified atom stereocenters. The number of pyridine rings is 1. The van der Waals surface area contributed by atoms with Gasteiger partial charge in [-0.3, -0.25) is 4.57 Å². The smallest absolute Gasteiger partial charge is 0.332 e. The molecule has 9 heteroatoms. The van der Waals surface area contributed by atoms with Crippen LogP contribution < -0.4 is 16.3 Å². The fraction of sp³-hybridized carbons (Fsp3) is 0.375. The molecular formula is C16H19N7O2. The van der Waals surface area contributed by atoms with E-state index in [4.69, 9.17) is 0 Å². The summed E-state index contributed by atoms with van der Waals surface area (Å²) in [6.07, 6.45) is 3.86. The summed E-state index contributed by atoms with van der Waals surface area (Å²) in [5.74, 6) is 0.547. The van der Waals surface area contributed by atoms with Gasteiger partial charge >= 0.3 is 11.7 Å². The molecule has 9 nitrogen and oxygen atoms in total. The van der Waals surface area contributed by atoms with Crippen molar-refractivity contribution in [1.29, 1.82) is 0 Å². The molecule has 0 saturated heterocycles. The molecule has 1 aliphatic rings. The molecule has 130 valence electrons. The molecule has 4 rings (SSSR count). The van der Waals surface area contributed by atoms with Gasteiger partial charge in [0.15, 0.2) is 5.82 Å². The molecule has 0 aliphatic heterocycles.